The number of amides is 2. The molecule has 0 bridgehead atoms. The maximum atomic E-state index is 14.3. The molecule has 0 spiro atoms. The van der Waals surface area contributed by atoms with Crippen molar-refractivity contribution in [1.29, 1.82) is 0 Å². The number of carbonyl (C=O) groups is 2. The topological polar surface area (TPSA) is 113 Å². The van der Waals surface area contributed by atoms with Gasteiger partial charge in [0.1, 0.15) is 0 Å². The molecule has 0 saturated heterocycles. The number of nitrogens with zero attached hydrogens (tertiary/aromatic N) is 4. The normalized spacial score (nSPS) is 12.9. The van der Waals surface area contributed by atoms with Crippen molar-refractivity contribution >= 4 is 50.2 Å². The predicted molar refractivity (Wildman–Crippen MR) is 189 cm³/mol. The molecule has 0 radical (unpaired) electrons. The lowest BCUT2D eigenvalue weighted by molar-refractivity contribution is 0.0735. The summed E-state index contributed by atoms with van der Waals surface area (Å²) in [6.45, 7) is 6.53. The fraction of sp³-hybridized carbons (Fsp3) is 0.243. The maximum Gasteiger partial charge on any atom is 0.265 e. The Kier molecular flexibility index (Phi) is 9.75. The first-order chi connectivity index (χ1) is 23.2. The van der Waals surface area contributed by atoms with Gasteiger partial charge >= 0.3 is 0 Å². The highest BCUT2D eigenvalue weighted by Gasteiger charge is 2.28. The Labute approximate surface area is 285 Å². The van der Waals surface area contributed by atoms with Crippen molar-refractivity contribution in [3.05, 3.63) is 118 Å². The number of hydrogen-bond acceptors (Lipinski definition) is 7. The molecule has 2 heterocycles. The molecule has 0 unspecified atom stereocenters. The van der Waals surface area contributed by atoms with E-state index in [1.54, 1.807) is 23.1 Å². The zero-order chi connectivity index (χ0) is 33.8. The second-order valence-electron chi connectivity index (χ2n) is 11.8. The molecule has 0 atom stereocenters. The smallest absolute Gasteiger partial charge is 0.265 e. The van der Waals surface area contributed by atoms with E-state index in [4.69, 9.17) is 16.6 Å². The molecule has 9 nitrogen and oxygen atoms in total. The lowest BCUT2D eigenvalue weighted by Crippen LogP contribution is -2.36. The molecule has 0 aliphatic carbocycles. The first kappa shape index (κ1) is 33.1. The molecule has 0 fully saturated rings. The van der Waals surface area contributed by atoms with E-state index in [2.05, 4.69) is 34.5 Å². The molecule has 246 valence electrons. The number of halogens is 1. The number of sulfonamides is 1. The maximum absolute atomic E-state index is 14.3. The van der Waals surface area contributed by atoms with Gasteiger partial charge in [-0.2, -0.15) is 0 Å². The summed E-state index contributed by atoms with van der Waals surface area (Å²) in [5.41, 5.74) is 3.21. The molecule has 4 aromatic carbocycles. The third kappa shape index (κ3) is 6.90. The molecule has 1 aromatic heterocycles. The van der Waals surface area contributed by atoms with Crippen molar-refractivity contribution in [2.45, 2.75) is 44.6 Å². The minimum absolute atomic E-state index is 0.00729. The second kappa shape index (κ2) is 14.1. The molecule has 2 amide bonds. The van der Waals surface area contributed by atoms with Crippen LogP contribution in [0.5, 0.6) is 0 Å². The third-order valence-electron chi connectivity index (χ3n) is 8.44. The van der Waals surface area contributed by atoms with E-state index in [0.29, 0.717) is 36.7 Å². The van der Waals surface area contributed by atoms with Crippen molar-refractivity contribution < 1.29 is 18.0 Å². The van der Waals surface area contributed by atoms with Crippen LogP contribution in [0.3, 0.4) is 0 Å². The van der Waals surface area contributed by atoms with Crippen LogP contribution in [0.1, 0.15) is 58.5 Å². The van der Waals surface area contributed by atoms with Crippen LogP contribution in [0.15, 0.2) is 96.0 Å². The minimum Gasteiger partial charge on any atom is -0.341 e. The predicted octanol–water partition coefficient (Wildman–Crippen LogP) is 6.89. The van der Waals surface area contributed by atoms with Crippen LogP contribution in [0, 0.1) is 0 Å². The van der Waals surface area contributed by atoms with Crippen LogP contribution < -0.4 is 9.62 Å². The molecule has 6 rings (SSSR count). The average molecular weight is 682 g/mol. The Morgan fingerprint density at radius 3 is 2.35 bits per heavy atom. The number of rotatable bonds is 10. The van der Waals surface area contributed by atoms with Crippen LogP contribution in [0.4, 0.5) is 5.95 Å². The summed E-state index contributed by atoms with van der Waals surface area (Å²) < 4.78 is 28.9. The molecular formula is C37H36ClN5O4S. The molecule has 1 aliphatic rings. The van der Waals surface area contributed by atoms with E-state index >= 15 is 0 Å². The summed E-state index contributed by atoms with van der Waals surface area (Å²) in [6.07, 6.45) is 4.00. The number of hydrogen-bond donors (Lipinski definition) is 1. The van der Waals surface area contributed by atoms with E-state index in [1.807, 2.05) is 36.4 Å². The van der Waals surface area contributed by atoms with Gasteiger partial charge in [-0.05, 0) is 65.4 Å². The second-order valence-corrected chi connectivity index (χ2v) is 13.9. The van der Waals surface area contributed by atoms with Gasteiger partial charge in [-0.15, -0.1) is 0 Å². The molecule has 11 heteroatoms. The van der Waals surface area contributed by atoms with Crippen molar-refractivity contribution in [2.24, 2.45) is 0 Å². The van der Waals surface area contributed by atoms with Crippen molar-refractivity contribution in [3.63, 3.8) is 0 Å². The van der Waals surface area contributed by atoms with E-state index < -0.39 is 15.9 Å². The van der Waals surface area contributed by atoms with Gasteiger partial charge in [0.25, 0.3) is 21.8 Å². The van der Waals surface area contributed by atoms with Gasteiger partial charge in [-0.25, -0.2) is 23.1 Å². The van der Waals surface area contributed by atoms with Crippen LogP contribution >= 0.6 is 11.6 Å². The van der Waals surface area contributed by atoms with Crippen LogP contribution in [-0.2, 0) is 23.0 Å². The Bertz CT molecular complexity index is 2110. The number of aromatic nitrogens is 2. The SMILES string of the molecule is CCCN(CCC)c1ncc(Cl)c(-c2ccc(C(=O)NS(=O)(=O)c3ccc4ccccc4c3)cc2C(=O)N2CCc3ccccc3C2)n1. The van der Waals surface area contributed by atoms with Gasteiger partial charge in [0.2, 0.25) is 5.95 Å². The number of carbonyl (C=O) groups excluding carboxylic acids is 2. The van der Waals surface area contributed by atoms with E-state index in [1.165, 1.54) is 36.0 Å². The van der Waals surface area contributed by atoms with E-state index in [9.17, 15) is 18.0 Å². The summed E-state index contributed by atoms with van der Waals surface area (Å²) in [6, 6.07) is 24.5. The van der Waals surface area contributed by atoms with Gasteiger partial charge in [-0.1, -0.05) is 86.1 Å². The summed E-state index contributed by atoms with van der Waals surface area (Å²) in [5, 5.41) is 1.85. The Morgan fingerprint density at radius 1 is 0.896 bits per heavy atom. The Hall–Kier alpha value is -4.80. The standard InChI is InChI=1S/C37H36ClN5O4S/c1-3-18-42(19-4-2)37-39-23-33(38)34(40-37)31-16-14-28(22-32(31)36(45)43-20-17-26-10-6-8-12-29(26)24-43)35(44)41-48(46,47)30-15-13-25-9-5-7-11-27(25)21-30/h5-16,21-23H,3-4,17-20,24H2,1-2H3,(H,41,44). The molecule has 5 aromatic rings. The number of anilines is 1. The lowest BCUT2D eigenvalue weighted by atomic mass is 9.96. The molecule has 0 saturated carbocycles. The fourth-order valence-electron chi connectivity index (χ4n) is 6.03. The minimum atomic E-state index is -4.22. The summed E-state index contributed by atoms with van der Waals surface area (Å²) in [7, 11) is -4.22. The van der Waals surface area contributed by atoms with E-state index in [0.717, 1.165) is 42.3 Å². The summed E-state index contributed by atoms with van der Waals surface area (Å²) in [4.78, 5) is 40.9. The monoisotopic (exact) mass is 681 g/mol. The van der Waals surface area contributed by atoms with Gasteiger partial charge < -0.3 is 9.80 Å². The zero-order valence-electron chi connectivity index (χ0n) is 26.8. The largest absolute Gasteiger partial charge is 0.341 e. The van der Waals surface area contributed by atoms with Gasteiger partial charge in [-0.3, -0.25) is 9.59 Å². The number of nitrogens with one attached hydrogen (secondary N) is 1. The highest BCUT2D eigenvalue weighted by Crippen LogP contribution is 2.33. The van der Waals surface area contributed by atoms with E-state index in [-0.39, 0.29) is 27.0 Å². The molecule has 1 N–H and O–H groups in total. The van der Waals surface area contributed by atoms with Crippen LogP contribution in [0.25, 0.3) is 22.0 Å². The van der Waals surface area contributed by atoms with Crippen molar-refractivity contribution in [1.82, 2.24) is 19.6 Å². The quantitative estimate of drug-likeness (QED) is 0.171. The fourth-order valence-corrected chi connectivity index (χ4v) is 7.24. The summed E-state index contributed by atoms with van der Waals surface area (Å²) in [5.74, 6) is -0.687. The van der Waals surface area contributed by atoms with Gasteiger partial charge in [0.05, 0.1) is 21.8 Å². The third-order valence-corrected chi connectivity index (χ3v) is 10.0. The molecule has 1 aliphatic heterocycles. The summed E-state index contributed by atoms with van der Waals surface area (Å²) >= 11 is 6.69. The Balaban J connectivity index is 1.39. The van der Waals surface area contributed by atoms with Crippen LogP contribution in [0.2, 0.25) is 5.02 Å². The first-order valence-corrected chi connectivity index (χ1v) is 17.9. The highest BCUT2D eigenvalue weighted by atomic mass is 35.5. The zero-order valence-corrected chi connectivity index (χ0v) is 28.4. The highest BCUT2D eigenvalue weighted by molar-refractivity contribution is 7.90. The van der Waals surface area contributed by atoms with Gasteiger partial charge in [0.15, 0.2) is 0 Å². The number of fused-ring (bicyclic) bond motifs is 2. The van der Waals surface area contributed by atoms with Crippen molar-refractivity contribution in [3.8, 4) is 11.3 Å². The number of benzene rings is 4. The average Bonchev–Trinajstić information content (AvgIpc) is 3.10. The van der Waals surface area contributed by atoms with Crippen LogP contribution in [-0.4, -0.2) is 54.7 Å². The first-order valence-electron chi connectivity index (χ1n) is 16.0. The van der Waals surface area contributed by atoms with Crippen molar-refractivity contribution in [2.75, 3.05) is 24.5 Å². The van der Waals surface area contributed by atoms with Gasteiger partial charge in [0, 0.05) is 42.9 Å². The lowest BCUT2D eigenvalue weighted by Gasteiger charge is -2.29. The Morgan fingerprint density at radius 2 is 1.60 bits per heavy atom. The molecular weight excluding hydrogens is 646 g/mol. The molecule has 48 heavy (non-hydrogen) atoms.